The highest BCUT2D eigenvalue weighted by atomic mass is 16.3. The topological polar surface area (TPSA) is 135 Å². The summed E-state index contributed by atoms with van der Waals surface area (Å²) in [5.41, 5.74) is 0.723. The molecule has 0 radical (unpaired) electrons. The van der Waals surface area contributed by atoms with E-state index in [1.165, 1.54) is 25.1 Å². The smallest absolute Gasteiger partial charge is 0.201 e. The maximum atomic E-state index is 13.1. The lowest BCUT2D eigenvalue weighted by Gasteiger charge is -2.27. The Morgan fingerprint density at radius 3 is 2.03 bits per heavy atom. The molecule has 0 spiro atoms. The number of hydrogen-bond acceptors (Lipinski definition) is 7. The number of fused-ring (bicyclic) bond motifs is 2. The van der Waals surface area contributed by atoms with Gasteiger partial charge in [-0.3, -0.25) is 9.59 Å². The van der Waals surface area contributed by atoms with E-state index >= 15 is 0 Å². The van der Waals surface area contributed by atoms with Crippen molar-refractivity contribution in [2.75, 3.05) is 0 Å². The van der Waals surface area contributed by atoms with Crippen molar-refractivity contribution in [3.05, 3.63) is 64.7 Å². The van der Waals surface area contributed by atoms with Crippen molar-refractivity contribution < 1.29 is 35.1 Å². The molecule has 1 atom stereocenters. The van der Waals surface area contributed by atoms with Gasteiger partial charge in [0.2, 0.25) is 5.78 Å². The number of phenolic OH excluding ortho intramolecular Hbond substituents is 5. The highest BCUT2D eigenvalue weighted by molar-refractivity contribution is 6.18. The van der Waals surface area contributed by atoms with Crippen molar-refractivity contribution in [1.82, 2.24) is 0 Å². The lowest BCUT2D eigenvalue weighted by atomic mass is 9.74. The molecule has 0 fully saturated rings. The summed E-state index contributed by atoms with van der Waals surface area (Å²) in [7, 11) is 0. The molecular formula is C22H16O7. The average molecular weight is 392 g/mol. The zero-order chi connectivity index (χ0) is 21.0. The molecule has 0 aromatic heterocycles. The van der Waals surface area contributed by atoms with Crippen LogP contribution in [0.15, 0.2) is 42.5 Å². The largest absolute Gasteiger partial charge is 0.507 e. The van der Waals surface area contributed by atoms with Crippen LogP contribution in [0, 0.1) is 0 Å². The molecule has 1 aliphatic rings. The van der Waals surface area contributed by atoms with Gasteiger partial charge in [-0.2, -0.15) is 0 Å². The average Bonchev–Trinajstić information content (AvgIpc) is 2.65. The van der Waals surface area contributed by atoms with E-state index in [0.29, 0.717) is 11.1 Å². The monoisotopic (exact) mass is 392 g/mol. The van der Waals surface area contributed by atoms with Gasteiger partial charge in [-0.1, -0.05) is 24.3 Å². The molecule has 7 nitrogen and oxygen atoms in total. The maximum absolute atomic E-state index is 13.1. The third kappa shape index (κ3) is 2.59. The molecule has 0 bridgehead atoms. The second-order valence-electron chi connectivity index (χ2n) is 6.90. The number of phenols is 5. The summed E-state index contributed by atoms with van der Waals surface area (Å²) in [6.07, 6.45) is 0. The van der Waals surface area contributed by atoms with Crippen LogP contribution in [0.2, 0.25) is 0 Å². The fourth-order valence-corrected chi connectivity index (χ4v) is 3.85. The summed E-state index contributed by atoms with van der Waals surface area (Å²) in [5, 5.41) is 50.2. The number of ketones is 2. The molecule has 146 valence electrons. The third-order valence-electron chi connectivity index (χ3n) is 5.15. The molecule has 5 N–H and O–H groups in total. The first-order valence-electron chi connectivity index (χ1n) is 8.70. The van der Waals surface area contributed by atoms with Gasteiger partial charge in [0.15, 0.2) is 17.2 Å². The Labute approximate surface area is 164 Å². The van der Waals surface area contributed by atoms with Crippen LogP contribution in [0.5, 0.6) is 28.7 Å². The van der Waals surface area contributed by atoms with Crippen molar-refractivity contribution in [3.63, 3.8) is 0 Å². The van der Waals surface area contributed by atoms with Crippen LogP contribution in [0.25, 0.3) is 11.1 Å². The van der Waals surface area contributed by atoms with Gasteiger partial charge in [-0.05, 0) is 41.8 Å². The standard InChI is InChI=1S/C22H16O7/c1-9(23)17-12-3-2-4-14(24)18(12)22(29)19-13(17)6-5-11(20(19)27)10-7-15(25)21(28)16(26)8-10/h2-8,17,24-28H,1H3. The Balaban J connectivity index is 2.01. The normalized spacial score (nSPS) is 14.9. The van der Waals surface area contributed by atoms with Gasteiger partial charge in [-0.15, -0.1) is 0 Å². The van der Waals surface area contributed by atoms with Crippen LogP contribution in [-0.2, 0) is 4.79 Å². The second-order valence-corrected chi connectivity index (χ2v) is 6.90. The number of Topliss-reactive ketones (excluding diaryl/α,β-unsaturated/α-hetero) is 1. The highest BCUT2D eigenvalue weighted by Gasteiger charge is 2.38. The summed E-state index contributed by atoms with van der Waals surface area (Å²) in [6.45, 7) is 1.36. The van der Waals surface area contributed by atoms with Crippen molar-refractivity contribution in [2.45, 2.75) is 12.8 Å². The van der Waals surface area contributed by atoms with Crippen molar-refractivity contribution in [3.8, 4) is 39.9 Å². The molecule has 0 aliphatic heterocycles. The molecular weight excluding hydrogens is 376 g/mol. The van der Waals surface area contributed by atoms with Crippen LogP contribution >= 0.6 is 0 Å². The summed E-state index contributed by atoms with van der Waals surface area (Å²) >= 11 is 0. The van der Waals surface area contributed by atoms with E-state index in [0.717, 1.165) is 12.1 Å². The molecule has 29 heavy (non-hydrogen) atoms. The van der Waals surface area contributed by atoms with E-state index in [2.05, 4.69) is 0 Å². The zero-order valence-electron chi connectivity index (χ0n) is 15.2. The number of benzene rings is 3. The van der Waals surface area contributed by atoms with Gasteiger partial charge >= 0.3 is 0 Å². The number of aromatic hydroxyl groups is 5. The number of hydrogen-bond donors (Lipinski definition) is 5. The first kappa shape index (κ1) is 18.4. The molecule has 7 heteroatoms. The predicted octanol–water partition coefficient (Wildman–Crippen LogP) is 3.15. The van der Waals surface area contributed by atoms with E-state index in [1.54, 1.807) is 12.1 Å². The predicted molar refractivity (Wildman–Crippen MR) is 103 cm³/mol. The fraction of sp³-hybridized carbons (Fsp3) is 0.0909. The molecule has 0 saturated heterocycles. The Morgan fingerprint density at radius 2 is 1.41 bits per heavy atom. The Hall–Kier alpha value is -4.00. The van der Waals surface area contributed by atoms with Crippen molar-refractivity contribution >= 4 is 11.6 Å². The van der Waals surface area contributed by atoms with Crippen LogP contribution in [0.3, 0.4) is 0 Å². The summed E-state index contributed by atoms with van der Waals surface area (Å²) in [5.74, 6) is -4.42. The van der Waals surface area contributed by atoms with Crippen LogP contribution in [0.1, 0.15) is 39.9 Å². The van der Waals surface area contributed by atoms with Crippen LogP contribution in [0.4, 0.5) is 0 Å². The third-order valence-corrected chi connectivity index (χ3v) is 5.15. The minimum absolute atomic E-state index is 0.0518. The minimum Gasteiger partial charge on any atom is -0.507 e. The molecule has 0 amide bonds. The van der Waals surface area contributed by atoms with Crippen LogP contribution < -0.4 is 0 Å². The summed E-state index contributed by atoms with van der Waals surface area (Å²) in [4.78, 5) is 25.5. The SMILES string of the molecule is CC(=O)C1c2cccc(O)c2C(=O)c2c1ccc(-c1cc(O)c(O)c(O)c1)c2O. The summed E-state index contributed by atoms with van der Waals surface area (Å²) in [6, 6.07) is 9.67. The number of carbonyl (C=O) groups is 2. The molecule has 4 rings (SSSR count). The Kier molecular flexibility index (Phi) is 3.97. The van der Waals surface area contributed by atoms with Crippen LogP contribution in [-0.4, -0.2) is 37.1 Å². The molecule has 3 aromatic rings. The van der Waals surface area contributed by atoms with Gasteiger partial charge in [0.1, 0.15) is 17.3 Å². The highest BCUT2D eigenvalue weighted by Crippen LogP contribution is 2.48. The molecule has 0 saturated carbocycles. The fourth-order valence-electron chi connectivity index (χ4n) is 3.85. The molecule has 1 unspecified atom stereocenters. The molecule has 0 heterocycles. The first-order valence-corrected chi connectivity index (χ1v) is 8.70. The second kappa shape index (κ2) is 6.27. The van der Waals surface area contributed by atoms with Crippen molar-refractivity contribution in [1.29, 1.82) is 0 Å². The van der Waals surface area contributed by atoms with Gasteiger partial charge in [0, 0.05) is 5.56 Å². The van der Waals surface area contributed by atoms with Gasteiger partial charge in [0.25, 0.3) is 0 Å². The number of carbonyl (C=O) groups excluding carboxylic acids is 2. The van der Waals surface area contributed by atoms with E-state index in [4.69, 9.17) is 0 Å². The van der Waals surface area contributed by atoms with Crippen molar-refractivity contribution in [2.24, 2.45) is 0 Å². The lowest BCUT2D eigenvalue weighted by molar-refractivity contribution is -0.117. The minimum atomic E-state index is -0.841. The van der Waals surface area contributed by atoms with Gasteiger partial charge < -0.3 is 25.5 Å². The van der Waals surface area contributed by atoms with E-state index in [1.807, 2.05) is 0 Å². The quantitative estimate of drug-likeness (QED) is 0.423. The Morgan fingerprint density at radius 1 is 0.793 bits per heavy atom. The lowest BCUT2D eigenvalue weighted by Crippen LogP contribution is -2.24. The van der Waals surface area contributed by atoms with Gasteiger partial charge in [0.05, 0.1) is 17.0 Å². The Bertz CT molecular complexity index is 1190. The first-order chi connectivity index (χ1) is 13.7. The van der Waals surface area contributed by atoms with E-state index in [-0.39, 0.29) is 33.8 Å². The zero-order valence-corrected chi connectivity index (χ0v) is 15.2. The maximum Gasteiger partial charge on any atom is 0.201 e. The molecule has 1 aliphatic carbocycles. The number of rotatable bonds is 2. The van der Waals surface area contributed by atoms with E-state index in [9.17, 15) is 35.1 Å². The molecule has 3 aromatic carbocycles. The summed E-state index contributed by atoms with van der Waals surface area (Å²) < 4.78 is 0. The van der Waals surface area contributed by atoms with E-state index < -0.39 is 34.7 Å². The van der Waals surface area contributed by atoms with Gasteiger partial charge in [-0.25, -0.2) is 0 Å².